The maximum Gasteiger partial charge on any atom is 0.167 e. The Morgan fingerprint density at radius 2 is 2.18 bits per heavy atom. The van der Waals surface area contributed by atoms with Crippen molar-refractivity contribution in [1.29, 1.82) is 0 Å². The molecular weight excluding hydrogens is 230 g/mol. The highest BCUT2D eigenvalue weighted by atomic mass is 32.2. The van der Waals surface area contributed by atoms with Crippen molar-refractivity contribution in [2.75, 3.05) is 17.6 Å². The zero-order valence-electron chi connectivity index (χ0n) is 10.2. The van der Waals surface area contributed by atoms with E-state index < -0.39 is 0 Å². The van der Waals surface area contributed by atoms with Gasteiger partial charge in [0.2, 0.25) is 0 Å². The number of aromatic nitrogens is 2. The van der Waals surface area contributed by atoms with Crippen LogP contribution in [-0.2, 0) is 7.05 Å². The van der Waals surface area contributed by atoms with E-state index in [0.29, 0.717) is 0 Å². The number of hydrogen-bond acceptors (Lipinski definition) is 3. The molecule has 1 aromatic heterocycles. The van der Waals surface area contributed by atoms with Gasteiger partial charge < -0.3 is 9.88 Å². The van der Waals surface area contributed by atoms with Crippen LogP contribution in [0.15, 0.2) is 41.8 Å². The number of rotatable bonds is 5. The molecule has 1 heterocycles. The van der Waals surface area contributed by atoms with Gasteiger partial charge in [-0.05, 0) is 18.6 Å². The summed E-state index contributed by atoms with van der Waals surface area (Å²) in [4.78, 5) is 4.28. The lowest BCUT2D eigenvalue weighted by molar-refractivity contribution is 0.790. The number of para-hydroxylation sites is 1. The van der Waals surface area contributed by atoms with Gasteiger partial charge in [-0.3, -0.25) is 0 Å². The van der Waals surface area contributed by atoms with E-state index in [0.717, 1.165) is 17.5 Å². The van der Waals surface area contributed by atoms with Crippen molar-refractivity contribution in [2.24, 2.45) is 7.05 Å². The average Bonchev–Trinajstić information content (AvgIpc) is 2.73. The van der Waals surface area contributed by atoms with Crippen LogP contribution in [0.25, 0.3) is 0 Å². The SMILES string of the molecule is Cc1ccccc1NCCSc1nccn1C. The summed E-state index contributed by atoms with van der Waals surface area (Å²) in [5, 5.41) is 4.50. The summed E-state index contributed by atoms with van der Waals surface area (Å²) < 4.78 is 2.04. The van der Waals surface area contributed by atoms with Crippen molar-refractivity contribution in [3.8, 4) is 0 Å². The number of benzene rings is 1. The molecule has 0 saturated heterocycles. The molecule has 1 aromatic carbocycles. The summed E-state index contributed by atoms with van der Waals surface area (Å²) in [5.41, 5.74) is 2.50. The molecular formula is C13H17N3S. The van der Waals surface area contributed by atoms with Crippen LogP contribution in [0, 0.1) is 6.92 Å². The fraction of sp³-hybridized carbons (Fsp3) is 0.308. The Hall–Kier alpha value is -1.42. The van der Waals surface area contributed by atoms with Gasteiger partial charge in [-0.1, -0.05) is 30.0 Å². The van der Waals surface area contributed by atoms with Crippen molar-refractivity contribution in [3.05, 3.63) is 42.2 Å². The predicted octanol–water partition coefficient (Wildman–Crippen LogP) is 2.93. The van der Waals surface area contributed by atoms with Crippen molar-refractivity contribution in [3.63, 3.8) is 0 Å². The van der Waals surface area contributed by atoms with E-state index in [-0.39, 0.29) is 0 Å². The van der Waals surface area contributed by atoms with E-state index in [4.69, 9.17) is 0 Å². The number of anilines is 1. The minimum Gasteiger partial charge on any atom is -0.384 e. The zero-order valence-corrected chi connectivity index (χ0v) is 11.0. The molecule has 4 heteroatoms. The molecule has 0 aliphatic carbocycles. The molecule has 0 aliphatic heterocycles. The molecule has 0 unspecified atom stereocenters. The summed E-state index contributed by atoms with van der Waals surface area (Å²) in [6.45, 7) is 3.07. The van der Waals surface area contributed by atoms with Crippen LogP contribution in [0.4, 0.5) is 5.69 Å². The van der Waals surface area contributed by atoms with Gasteiger partial charge in [0.05, 0.1) is 0 Å². The number of hydrogen-bond donors (Lipinski definition) is 1. The van der Waals surface area contributed by atoms with E-state index in [2.05, 4.69) is 41.5 Å². The highest BCUT2D eigenvalue weighted by molar-refractivity contribution is 7.99. The maximum absolute atomic E-state index is 4.28. The highest BCUT2D eigenvalue weighted by Crippen LogP contribution is 2.16. The number of nitrogens with one attached hydrogen (secondary N) is 1. The number of aryl methyl sites for hydroxylation is 2. The molecule has 0 saturated carbocycles. The van der Waals surface area contributed by atoms with Gasteiger partial charge in [-0.2, -0.15) is 0 Å². The first kappa shape index (κ1) is 12.0. The summed E-state index contributed by atoms with van der Waals surface area (Å²) in [5.74, 6) is 1.01. The van der Waals surface area contributed by atoms with Gasteiger partial charge in [0, 0.05) is 37.4 Å². The molecule has 0 amide bonds. The Bertz CT molecular complexity index is 479. The topological polar surface area (TPSA) is 29.9 Å². The maximum atomic E-state index is 4.28. The Morgan fingerprint density at radius 1 is 1.35 bits per heavy atom. The molecule has 0 atom stereocenters. The summed E-state index contributed by atoms with van der Waals surface area (Å²) in [6.07, 6.45) is 3.80. The van der Waals surface area contributed by atoms with Crippen LogP contribution in [0.5, 0.6) is 0 Å². The van der Waals surface area contributed by atoms with Crippen LogP contribution in [0.2, 0.25) is 0 Å². The zero-order chi connectivity index (χ0) is 12.1. The second kappa shape index (κ2) is 5.77. The van der Waals surface area contributed by atoms with Gasteiger partial charge >= 0.3 is 0 Å². The van der Waals surface area contributed by atoms with E-state index in [1.807, 2.05) is 24.0 Å². The third-order valence-corrected chi connectivity index (χ3v) is 3.63. The molecule has 17 heavy (non-hydrogen) atoms. The van der Waals surface area contributed by atoms with E-state index in [1.165, 1.54) is 11.3 Å². The van der Waals surface area contributed by atoms with Crippen LogP contribution in [0.1, 0.15) is 5.56 Å². The Morgan fingerprint density at radius 3 is 2.88 bits per heavy atom. The smallest absolute Gasteiger partial charge is 0.167 e. The first-order valence-electron chi connectivity index (χ1n) is 5.67. The molecule has 3 nitrogen and oxygen atoms in total. The Kier molecular flexibility index (Phi) is 4.09. The number of nitrogens with zero attached hydrogens (tertiary/aromatic N) is 2. The highest BCUT2D eigenvalue weighted by Gasteiger charge is 2.00. The van der Waals surface area contributed by atoms with E-state index in [9.17, 15) is 0 Å². The van der Waals surface area contributed by atoms with Crippen LogP contribution in [-0.4, -0.2) is 21.8 Å². The molecule has 0 aliphatic rings. The fourth-order valence-electron chi connectivity index (χ4n) is 1.59. The van der Waals surface area contributed by atoms with Crippen molar-refractivity contribution in [1.82, 2.24) is 9.55 Å². The van der Waals surface area contributed by atoms with E-state index in [1.54, 1.807) is 11.8 Å². The first-order valence-corrected chi connectivity index (χ1v) is 6.65. The molecule has 1 N–H and O–H groups in total. The van der Waals surface area contributed by atoms with E-state index >= 15 is 0 Å². The van der Waals surface area contributed by atoms with Gasteiger partial charge in [-0.15, -0.1) is 0 Å². The Labute approximate surface area is 106 Å². The summed E-state index contributed by atoms with van der Waals surface area (Å²) in [7, 11) is 2.02. The summed E-state index contributed by atoms with van der Waals surface area (Å²) in [6, 6.07) is 8.35. The minimum atomic E-state index is 0.947. The van der Waals surface area contributed by atoms with Crippen molar-refractivity contribution in [2.45, 2.75) is 12.1 Å². The average molecular weight is 247 g/mol. The standard InChI is InChI=1S/C13H17N3S/c1-11-5-3-4-6-12(11)14-8-10-17-13-15-7-9-16(13)2/h3-7,9,14H,8,10H2,1-2H3. The predicted molar refractivity (Wildman–Crippen MR) is 73.6 cm³/mol. The van der Waals surface area contributed by atoms with Crippen LogP contribution < -0.4 is 5.32 Å². The number of thioether (sulfide) groups is 1. The van der Waals surface area contributed by atoms with Crippen molar-refractivity contribution >= 4 is 17.4 Å². The molecule has 0 fully saturated rings. The lowest BCUT2D eigenvalue weighted by Crippen LogP contribution is -2.05. The van der Waals surface area contributed by atoms with Gasteiger partial charge in [0.15, 0.2) is 5.16 Å². The lowest BCUT2D eigenvalue weighted by Gasteiger charge is -2.08. The van der Waals surface area contributed by atoms with Gasteiger partial charge in [0.25, 0.3) is 0 Å². The van der Waals surface area contributed by atoms with Crippen LogP contribution in [0.3, 0.4) is 0 Å². The first-order chi connectivity index (χ1) is 8.27. The Balaban J connectivity index is 1.77. The number of imidazole rings is 1. The normalized spacial score (nSPS) is 10.5. The quantitative estimate of drug-likeness (QED) is 0.651. The third kappa shape index (κ3) is 3.27. The minimum absolute atomic E-state index is 0.947. The van der Waals surface area contributed by atoms with Gasteiger partial charge in [-0.25, -0.2) is 4.98 Å². The molecule has 0 spiro atoms. The molecule has 0 radical (unpaired) electrons. The molecule has 2 aromatic rings. The second-order valence-corrected chi connectivity index (χ2v) is 4.97. The van der Waals surface area contributed by atoms with Crippen molar-refractivity contribution < 1.29 is 0 Å². The summed E-state index contributed by atoms with van der Waals surface area (Å²) >= 11 is 1.77. The molecule has 2 rings (SSSR count). The largest absolute Gasteiger partial charge is 0.384 e. The molecule has 90 valence electrons. The second-order valence-electron chi connectivity index (χ2n) is 3.91. The van der Waals surface area contributed by atoms with Crippen LogP contribution >= 0.6 is 11.8 Å². The van der Waals surface area contributed by atoms with Gasteiger partial charge in [0.1, 0.15) is 0 Å². The molecule has 0 bridgehead atoms. The fourth-order valence-corrected chi connectivity index (χ4v) is 2.38. The third-order valence-electron chi connectivity index (χ3n) is 2.57. The lowest BCUT2D eigenvalue weighted by atomic mass is 10.2. The monoisotopic (exact) mass is 247 g/mol.